The summed E-state index contributed by atoms with van der Waals surface area (Å²) in [6.45, 7) is 9.68. The summed E-state index contributed by atoms with van der Waals surface area (Å²) in [5.74, 6) is 0. The van der Waals surface area contributed by atoms with E-state index in [1.807, 2.05) is 30.3 Å². The number of rotatable bonds is 4. The van der Waals surface area contributed by atoms with E-state index in [9.17, 15) is 5.11 Å². The van der Waals surface area contributed by atoms with Gasteiger partial charge in [-0.3, -0.25) is 0 Å². The highest BCUT2D eigenvalue weighted by molar-refractivity contribution is 5.18. The van der Waals surface area contributed by atoms with Gasteiger partial charge >= 0.3 is 0 Å². The van der Waals surface area contributed by atoms with Gasteiger partial charge < -0.3 is 10.0 Å². The maximum absolute atomic E-state index is 10.3. The van der Waals surface area contributed by atoms with Crippen molar-refractivity contribution in [2.24, 2.45) is 5.41 Å². The molecular weight excluding hydrogens is 210 g/mol. The fourth-order valence-electron chi connectivity index (χ4n) is 2.06. The van der Waals surface area contributed by atoms with E-state index in [0.29, 0.717) is 0 Å². The second-order valence-electron chi connectivity index (χ2n) is 6.07. The third-order valence-electron chi connectivity index (χ3n) is 3.02. The number of aliphatic hydroxyl groups is 1. The van der Waals surface area contributed by atoms with Gasteiger partial charge in [-0.15, -0.1) is 0 Å². The summed E-state index contributed by atoms with van der Waals surface area (Å²) in [6.07, 6.45) is -0.427. The molecular formula is C15H25NO. The summed E-state index contributed by atoms with van der Waals surface area (Å²) in [5.41, 5.74) is 1.24. The van der Waals surface area contributed by atoms with Gasteiger partial charge in [0.2, 0.25) is 0 Å². The van der Waals surface area contributed by atoms with Crippen LogP contribution in [-0.2, 0) is 0 Å². The Morgan fingerprint density at radius 2 is 1.71 bits per heavy atom. The number of aliphatic hydroxyl groups excluding tert-OH is 1. The van der Waals surface area contributed by atoms with E-state index in [1.165, 1.54) is 0 Å². The predicted molar refractivity (Wildman–Crippen MR) is 72.9 cm³/mol. The second kappa shape index (κ2) is 5.65. The van der Waals surface area contributed by atoms with Crippen LogP contribution in [0, 0.1) is 5.41 Å². The van der Waals surface area contributed by atoms with Gasteiger partial charge in [0.1, 0.15) is 0 Å². The highest BCUT2D eigenvalue weighted by Gasteiger charge is 2.23. The van der Waals surface area contributed by atoms with E-state index < -0.39 is 6.10 Å². The molecule has 2 nitrogen and oxygen atoms in total. The molecule has 0 spiro atoms. The normalized spacial score (nSPS) is 15.9. The van der Waals surface area contributed by atoms with Gasteiger partial charge in [0.05, 0.1) is 6.10 Å². The minimum Gasteiger partial charge on any atom is -0.387 e. The maximum atomic E-state index is 10.3. The summed E-state index contributed by atoms with van der Waals surface area (Å²) in [4.78, 5) is 2.22. The largest absolute Gasteiger partial charge is 0.387 e. The molecule has 0 heterocycles. The standard InChI is InChI=1S/C15H25NO/c1-12(16(5)11-15(2,3)4)14(17)13-9-7-6-8-10-13/h6-10,12,14,17H,11H2,1-5H3. The second-order valence-corrected chi connectivity index (χ2v) is 6.07. The Morgan fingerprint density at radius 3 is 2.18 bits per heavy atom. The molecule has 1 rings (SSSR count). The topological polar surface area (TPSA) is 23.5 Å². The lowest BCUT2D eigenvalue weighted by Crippen LogP contribution is -2.39. The van der Waals surface area contributed by atoms with Gasteiger partial charge in [0, 0.05) is 12.6 Å². The van der Waals surface area contributed by atoms with Gasteiger partial charge in [-0.25, -0.2) is 0 Å². The SMILES string of the molecule is CC(C(O)c1ccccc1)N(C)CC(C)(C)C. The first-order valence-electron chi connectivity index (χ1n) is 6.24. The molecule has 0 aliphatic heterocycles. The van der Waals surface area contributed by atoms with Crippen LogP contribution in [-0.4, -0.2) is 29.6 Å². The number of hydrogen-bond acceptors (Lipinski definition) is 2. The zero-order valence-corrected chi connectivity index (χ0v) is 11.6. The van der Waals surface area contributed by atoms with E-state index in [2.05, 4.69) is 39.6 Å². The average molecular weight is 235 g/mol. The first-order valence-corrected chi connectivity index (χ1v) is 6.24. The molecule has 0 amide bonds. The molecule has 0 bridgehead atoms. The average Bonchev–Trinajstić information content (AvgIpc) is 2.26. The molecule has 0 saturated carbocycles. The molecule has 1 N–H and O–H groups in total. The minimum atomic E-state index is -0.427. The van der Waals surface area contributed by atoms with Crippen molar-refractivity contribution in [1.82, 2.24) is 4.90 Å². The predicted octanol–water partition coefficient (Wildman–Crippen LogP) is 3.09. The first-order chi connectivity index (χ1) is 7.81. The molecule has 1 aromatic carbocycles. The zero-order valence-electron chi connectivity index (χ0n) is 11.6. The quantitative estimate of drug-likeness (QED) is 0.867. The van der Waals surface area contributed by atoms with Crippen molar-refractivity contribution in [3.8, 4) is 0 Å². The summed E-state index contributed by atoms with van der Waals surface area (Å²) in [5, 5.41) is 10.3. The van der Waals surface area contributed by atoms with Gasteiger partial charge in [0.25, 0.3) is 0 Å². The number of benzene rings is 1. The summed E-state index contributed by atoms with van der Waals surface area (Å²) < 4.78 is 0. The number of hydrogen-bond donors (Lipinski definition) is 1. The fraction of sp³-hybridized carbons (Fsp3) is 0.600. The van der Waals surface area contributed by atoms with Gasteiger partial charge in [-0.05, 0) is 24.9 Å². The van der Waals surface area contributed by atoms with Crippen LogP contribution in [0.4, 0.5) is 0 Å². The Hall–Kier alpha value is -0.860. The van der Waals surface area contributed by atoms with Crippen molar-refractivity contribution in [2.75, 3.05) is 13.6 Å². The Balaban J connectivity index is 2.67. The third kappa shape index (κ3) is 4.49. The first kappa shape index (κ1) is 14.2. The Bertz CT molecular complexity index is 329. The van der Waals surface area contributed by atoms with E-state index >= 15 is 0 Å². The Kier molecular flexibility index (Phi) is 4.72. The Morgan fingerprint density at radius 1 is 1.18 bits per heavy atom. The van der Waals surface area contributed by atoms with Crippen LogP contribution in [0.3, 0.4) is 0 Å². The zero-order chi connectivity index (χ0) is 13.1. The molecule has 2 atom stereocenters. The molecule has 17 heavy (non-hydrogen) atoms. The smallest absolute Gasteiger partial charge is 0.0942 e. The van der Waals surface area contributed by atoms with Crippen molar-refractivity contribution in [3.05, 3.63) is 35.9 Å². The summed E-state index contributed by atoms with van der Waals surface area (Å²) in [7, 11) is 2.07. The van der Waals surface area contributed by atoms with Crippen LogP contribution in [0.5, 0.6) is 0 Å². The van der Waals surface area contributed by atoms with E-state index in [0.717, 1.165) is 12.1 Å². The highest BCUT2D eigenvalue weighted by Crippen LogP contribution is 2.23. The highest BCUT2D eigenvalue weighted by atomic mass is 16.3. The van der Waals surface area contributed by atoms with Crippen molar-refractivity contribution < 1.29 is 5.11 Å². The van der Waals surface area contributed by atoms with Crippen molar-refractivity contribution in [3.63, 3.8) is 0 Å². The van der Waals surface area contributed by atoms with Crippen molar-refractivity contribution in [2.45, 2.75) is 39.8 Å². The monoisotopic (exact) mass is 235 g/mol. The van der Waals surface area contributed by atoms with Crippen molar-refractivity contribution >= 4 is 0 Å². The van der Waals surface area contributed by atoms with Crippen LogP contribution in [0.25, 0.3) is 0 Å². The molecule has 0 radical (unpaired) electrons. The molecule has 0 fully saturated rings. The maximum Gasteiger partial charge on any atom is 0.0942 e. The summed E-state index contributed by atoms with van der Waals surface area (Å²) >= 11 is 0. The van der Waals surface area contributed by atoms with Crippen LogP contribution >= 0.6 is 0 Å². The van der Waals surface area contributed by atoms with Crippen LogP contribution in [0.1, 0.15) is 39.4 Å². The van der Waals surface area contributed by atoms with Crippen LogP contribution < -0.4 is 0 Å². The van der Waals surface area contributed by atoms with Crippen LogP contribution in [0.2, 0.25) is 0 Å². The van der Waals surface area contributed by atoms with E-state index in [-0.39, 0.29) is 11.5 Å². The van der Waals surface area contributed by atoms with Gasteiger partial charge in [-0.2, -0.15) is 0 Å². The lowest BCUT2D eigenvalue weighted by Gasteiger charge is -2.34. The lowest BCUT2D eigenvalue weighted by molar-refractivity contribution is 0.0557. The fourth-order valence-corrected chi connectivity index (χ4v) is 2.06. The van der Waals surface area contributed by atoms with E-state index in [1.54, 1.807) is 0 Å². The molecule has 2 unspecified atom stereocenters. The summed E-state index contributed by atoms with van der Waals surface area (Å²) in [6, 6.07) is 9.98. The number of nitrogens with zero attached hydrogens (tertiary/aromatic N) is 1. The molecule has 0 saturated heterocycles. The van der Waals surface area contributed by atoms with Gasteiger partial charge in [-0.1, -0.05) is 51.1 Å². The molecule has 2 heteroatoms. The molecule has 0 aromatic heterocycles. The Labute approximate surface area is 105 Å². The molecule has 96 valence electrons. The number of likely N-dealkylation sites (N-methyl/N-ethyl adjacent to an activating group) is 1. The van der Waals surface area contributed by atoms with E-state index in [4.69, 9.17) is 0 Å². The van der Waals surface area contributed by atoms with Crippen LogP contribution in [0.15, 0.2) is 30.3 Å². The molecule has 0 aliphatic rings. The molecule has 0 aliphatic carbocycles. The van der Waals surface area contributed by atoms with Crippen molar-refractivity contribution in [1.29, 1.82) is 0 Å². The minimum absolute atomic E-state index is 0.122. The molecule has 1 aromatic rings. The third-order valence-corrected chi connectivity index (χ3v) is 3.02. The van der Waals surface area contributed by atoms with Gasteiger partial charge in [0.15, 0.2) is 0 Å². The lowest BCUT2D eigenvalue weighted by atomic mass is 9.94.